The molecule has 2 aliphatic carbocycles. The van der Waals surface area contributed by atoms with Crippen LogP contribution in [0.3, 0.4) is 0 Å². The van der Waals surface area contributed by atoms with E-state index in [1.807, 2.05) is 6.92 Å². The molecule has 1 amide bonds. The molecule has 2 rings (SSSR count). The summed E-state index contributed by atoms with van der Waals surface area (Å²) in [6.07, 6.45) is 3.22. The maximum atomic E-state index is 11.9. The topological polar surface area (TPSA) is 57.6 Å². The van der Waals surface area contributed by atoms with Crippen molar-refractivity contribution in [1.29, 1.82) is 0 Å². The summed E-state index contributed by atoms with van der Waals surface area (Å²) in [7, 11) is 0. The van der Waals surface area contributed by atoms with Gasteiger partial charge in [-0.3, -0.25) is 9.59 Å². The Labute approximate surface area is 89.3 Å². The van der Waals surface area contributed by atoms with Crippen LogP contribution in [0.4, 0.5) is 0 Å². The fourth-order valence-electron chi connectivity index (χ4n) is 1.91. The van der Waals surface area contributed by atoms with Gasteiger partial charge in [-0.15, -0.1) is 0 Å². The highest BCUT2D eigenvalue weighted by molar-refractivity contribution is 5.85. The molecule has 4 nitrogen and oxygen atoms in total. The summed E-state index contributed by atoms with van der Waals surface area (Å²) in [6, 6.07) is 0. The molecule has 0 aromatic heterocycles. The van der Waals surface area contributed by atoms with Gasteiger partial charge in [-0.05, 0) is 31.1 Å². The molecular formula is C11H17NO3. The quantitative estimate of drug-likeness (QED) is 0.737. The van der Waals surface area contributed by atoms with Crippen LogP contribution in [-0.4, -0.2) is 35.0 Å². The second-order valence-electron chi connectivity index (χ2n) is 4.88. The van der Waals surface area contributed by atoms with E-state index in [0.717, 1.165) is 19.3 Å². The van der Waals surface area contributed by atoms with Crippen molar-refractivity contribution < 1.29 is 14.7 Å². The van der Waals surface area contributed by atoms with Crippen molar-refractivity contribution in [1.82, 2.24) is 4.90 Å². The average Bonchev–Trinajstić information content (AvgIpc) is 3.00. The van der Waals surface area contributed by atoms with Gasteiger partial charge in [0.2, 0.25) is 5.91 Å². The minimum atomic E-state index is -0.905. The molecule has 0 heterocycles. The third-order valence-electron chi connectivity index (χ3n) is 3.24. The van der Waals surface area contributed by atoms with Crippen LogP contribution in [-0.2, 0) is 9.59 Å². The lowest BCUT2D eigenvalue weighted by Crippen LogP contribution is -2.38. The van der Waals surface area contributed by atoms with Crippen molar-refractivity contribution >= 4 is 11.9 Å². The lowest BCUT2D eigenvalue weighted by atomic mass is 10.2. The van der Waals surface area contributed by atoms with Crippen LogP contribution in [0.5, 0.6) is 0 Å². The first kappa shape index (κ1) is 10.5. The molecule has 2 fully saturated rings. The molecule has 2 saturated carbocycles. The fraction of sp³-hybridized carbons (Fsp3) is 0.818. The van der Waals surface area contributed by atoms with Gasteiger partial charge in [-0.25, -0.2) is 0 Å². The summed E-state index contributed by atoms with van der Waals surface area (Å²) in [6.45, 7) is 2.56. The minimum Gasteiger partial charge on any atom is -0.480 e. The maximum absolute atomic E-state index is 11.9. The lowest BCUT2D eigenvalue weighted by molar-refractivity contribution is -0.145. The van der Waals surface area contributed by atoms with Gasteiger partial charge < -0.3 is 10.0 Å². The van der Waals surface area contributed by atoms with Gasteiger partial charge in [0.1, 0.15) is 6.54 Å². The van der Waals surface area contributed by atoms with Crippen LogP contribution in [0.25, 0.3) is 0 Å². The summed E-state index contributed by atoms with van der Waals surface area (Å²) < 4.78 is 0. The van der Waals surface area contributed by atoms with Gasteiger partial charge in [0.05, 0.1) is 0 Å². The summed E-state index contributed by atoms with van der Waals surface area (Å²) in [5.41, 5.74) is 0. The molecule has 2 atom stereocenters. The Hall–Kier alpha value is -1.06. The molecule has 0 spiro atoms. The summed E-state index contributed by atoms with van der Waals surface area (Å²) >= 11 is 0. The molecule has 0 radical (unpaired) electrons. The Kier molecular flexibility index (Phi) is 2.67. The number of carboxylic acids is 1. The number of carbonyl (C=O) groups excluding carboxylic acids is 1. The van der Waals surface area contributed by atoms with Crippen molar-refractivity contribution in [2.75, 3.05) is 13.1 Å². The molecule has 2 unspecified atom stereocenters. The van der Waals surface area contributed by atoms with Crippen molar-refractivity contribution in [2.45, 2.75) is 26.2 Å². The van der Waals surface area contributed by atoms with Crippen LogP contribution < -0.4 is 0 Å². The summed E-state index contributed by atoms with van der Waals surface area (Å²) in [5.74, 6) is 0.257. The monoisotopic (exact) mass is 211 g/mol. The molecule has 0 saturated heterocycles. The third-order valence-corrected chi connectivity index (χ3v) is 3.24. The molecule has 4 heteroatoms. The van der Waals surface area contributed by atoms with Crippen LogP contribution in [0.2, 0.25) is 0 Å². The highest BCUT2D eigenvalue weighted by atomic mass is 16.4. The second-order valence-corrected chi connectivity index (χ2v) is 4.88. The van der Waals surface area contributed by atoms with E-state index >= 15 is 0 Å². The summed E-state index contributed by atoms with van der Waals surface area (Å²) in [4.78, 5) is 24.1. The number of amides is 1. The number of rotatable bonds is 5. The Morgan fingerprint density at radius 1 is 1.40 bits per heavy atom. The molecule has 84 valence electrons. The summed E-state index contributed by atoms with van der Waals surface area (Å²) in [5, 5.41) is 8.74. The molecule has 0 aliphatic heterocycles. The fourth-order valence-corrected chi connectivity index (χ4v) is 1.91. The number of carbonyl (C=O) groups is 2. The van der Waals surface area contributed by atoms with Gasteiger partial charge in [0, 0.05) is 12.5 Å². The van der Waals surface area contributed by atoms with E-state index in [2.05, 4.69) is 0 Å². The Balaban J connectivity index is 1.90. The third kappa shape index (κ3) is 2.70. The normalized spacial score (nSPS) is 28.6. The predicted molar refractivity (Wildman–Crippen MR) is 54.2 cm³/mol. The zero-order chi connectivity index (χ0) is 11.0. The standard InChI is InChI=1S/C11H17NO3/c1-7-4-9(7)11(15)12(6-10(13)14)5-8-2-3-8/h7-9H,2-6H2,1H3,(H,13,14). The van der Waals surface area contributed by atoms with E-state index < -0.39 is 5.97 Å². The van der Waals surface area contributed by atoms with Gasteiger partial charge in [0.25, 0.3) is 0 Å². The average molecular weight is 211 g/mol. The van der Waals surface area contributed by atoms with Crippen LogP contribution in [0.15, 0.2) is 0 Å². The Morgan fingerprint density at radius 3 is 2.40 bits per heavy atom. The Bertz CT molecular complexity index is 286. The number of hydrogen-bond donors (Lipinski definition) is 1. The van der Waals surface area contributed by atoms with E-state index in [-0.39, 0.29) is 18.4 Å². The molecule has 1 N–H and O–H groups in total. The van der Waals surface area contributed by atoms with E-state index in [9.17, 15) is 9.59 Å². The van der Waals surface area contributed by atoms with Crippen molar-refractivity contribution in [3.63, 3.8) is 0 Å². The van der Waals surface area contributed by atoms with Crippen LogP contribution in [0.1, 0.15) is 26.2 Å². The second kappa shape index (κ2) is 3.83. The maximum Gasteiger partial charge on any atom is 0.323 e. The molecule has 0 aromatic carbocycles. The zero-order valence-electron chi connectivity index (χ0n) is 8.98. The van der Waals surface area contributed by atoms with Crippen molar-refractivity contribution in [3.05, 3.63) is 0 Å². The van der Waals surface area contributed by atoms with E-state index in [1.165, 1.54) is 4.90 Å². The molecule has 0 aromatic rings. The molecule has 0 bridgehead atoms. The van der Waals surface area contributed by atoms with E-state index in [0.29, 0.717) is 18.4 Å². The largest absolute Gasteiger partial charge is 0.480 e. The van der Waals surface area contributed by atoms with Crippen molar-refractivity contribution in [2.24, 2.45) is 17.8 Å². The highest BCUT2D eigenvalue weighted by Gasteiger charge is 2.42. The van der Waals surface area contributed by atoms with Gasteiger partial charge >= 0.3 is 5.97 Å². The van der Waals surface area contributed by atoms with Gasteiger partial charge in [-0.1, -0.05) is 6.92 Å². The Morgan fingerprint density at radius 2 is 2.00 bits per heavy atom. The molecule has 15 heavy (non-hydrogen) atoms. The smallest absolute Gasteiger partial charge is 0.323 e. The number of hydrogen-bond acceptors (Lipinski definition) is 2. The minimum absolute atomic E-state index is 0.0526. The first-order valence-electron chi connectivity index (χ1n) is 5.58. The van der Waals surface area contributed by atoms with E-state index in [4.69, 9.17) is 5.11 Å². The number of aliphatic carboxylic acids is 1. The van der Waals surface area contributed by atoms with Crippen LogP contribution in [0, 0.1) is 17.8 Å². The highest BCUT2D eigenvalue weighted by Crippen LogP contribution is 2.40. The first-order chi connectivity index (χ1) is 7.08. The predicted octanol–water partition coefficient (Wildman–Crippen LogP) is 0.966. The number of carboxylic acid groups (broad SMARTS) is 1. The zero-order valence-corrected chi connectivity index (χ0v) is 8.98. The first-order valence-corrected chi connectivity index (χ1v) is 5.58. The van der Waals surface area contributed by atoms with Crippen LogP contribution >= 0.6 is 0 Å². The lowest BCUT2D eigenvalue weighted by Gasteiger charge is -2.20. The van der Waals surface area contributed by atoms with E-state index in [1.54, 1.807) is 0 Å². The van der Waals surface area contributed by atoms with Crippen molar-refractivity contribution in [3.8, 4) is 0 Å². The number of nitrogens with zero attached hydrogens (tertiary/aromatic N) is 1. The molecular weight excluding hydrogens is 194 g/mol. The van der Waals surface area contributed by atoms with Gasteiger partial charge in [-0.2, -0.15) is 0 Å². The molecule has 2 aliphatic rings. The van der Waals surface area contributed by atoms with Gasteiger partial charge in [0.15, 0.2) is 0 Å². The SMILES string of the molecule is CC1CC1C(=O)N(CC(=O)O)CC1CC1.